The van der Waals surface area contributed by atoms with Crippen LogP contribution in [-0.4, -0.2) is 26.8 Å². The van der Waals surface area contributed by atoms with E-state index in [1.807, 2.05) is 48.3 Å². The monoisotopic (exact) mass is 471 g/mol. The molecule has 1 fully saturated rings. The van der Waals surface area contributed by atoms with Gasteiger partial charge in [-0.15, -0.1) is 0 Å². The molecule has 1 saturated heterocycles. The van der Waals surface area contributed by atoms with E-state index in [-0.39, 0.29) is 17.9 Å². The molecule has 2 aliphatic rings. The van der Waals surface area contributed by atoms with Gasteiger partial charge in [0.15, 0.2) is 5.17 Å². The normalized spacial score (nSPS) is 23.3. The Labute approximate surface area is 181 Å². The fourth-order valence-corrected chi connectivity index (χ4v) is 5.89. The van der Waals surface area contributed by atoms with Crippen LogP contribution in [0.3, 0.4) is 0 Å². The van der Waals surface area contributed by atoms with Crippen LogP contribution >= 0.6 is 27.7 Å². The molecule has 29 heavy (non-hydrogen) atoms. The Balaban J connectivity index is 1.56. The number of halogens is 2. The summed E-state index contributed by atoms with van der Waals surface area (Å²) < 4.78 is 20.5. The van der Waals surface area contributed by atoms with Crippen molar-refractivity contribution in [3.05, 3.63) is 76.5 Å². The summed E-state index contributed by atoms with van der Waals surface area (Å²) in [6, 6.07) is 14.8. The topological polar surface area (TPSA) is 41.6 Å². The summed E-state index contributed by atoms with van der Waals surface area (Å²) in [5.41, 5.74) is 1.77. The van der Waals surface area contributed by atoms with Crippen molar-refractivity contribution in [1.82, 2.24) is 9.88 Å². The average Bonchev–Trinajstić information content (AvgIpc) is 3.43. The van der Waals surface area contributed by atoms with Gasteiger partial charge in [-0.25, -0.2) is 9.38 Å². The number of hydrogen-bond acceptors (Lipinski definition) is 5. The third-order valence-electron chi connectivity index (χ3n) is 5.44. The highest BCUT2D eigenvalue weighted by Crippen LogP contribution is 2.49. The Hall–Kier alpha value is -2.12. The van der Waals surface area contributed by atoms with Crippen molar-refractivity contribution in [3.8, 4) is 11.3 Å². The van der Waals surface area contributed by atoms with Gasteiger partial charge in [0.25, 0.3) is 0 Å². The summed E-state index contributed by atoms with van der Waals surface area (Å²) in [4.78, 5) is 12.0. The van der Waals surface area contributed by atoms with Crippen molar-refractivity contribution >= 4 is 32.9 Å². The van der Waals surface area contributed by atoms with Gasteiger partial charge < -0.3 is 9.32 Å². The number of hydrogen-bond donors (Lipinski definition) is 0. The first kappa shape index (κ1) is 18.9. The maximum atomic E-state index is 13.5. The first-order valence-corrected chi connectivity index (χ1v) is 11.4. The second-order valence-corrected chi connectivity index (χ2v) is 9.00. The summed E-state index contributed by atoms with van der Waals surface area (Å²) in [5, 5.41) is 1.07. The highest BCUT2D eigenvalue weighted by Gasteiger charge is 2.46. The molecule has 148 valence electrons. The summed E-state index contributed by atoms with van der Waals surface area (Å²) in [5.74, 6) is 2.32. The second-order valence-electron chi connectivity index (χ2n) is 7.16. The van der Waals surface area contributed by atoms with E-state index >= 15 is 0 Å². The van der Waals surface area contributed by atoms with Crippen LogP contribution in [-0.2, 0) is 0 Å². The first-order valence-electron chi connectivity index (χ1n) is 9.60. The largest absolute Gasteiger partial charge is 0.459 e. The van der Waals surface area contributed by atoms with E-state index in [0.29, 0.717) is 16.3 Å². The van der Waals surface area contributed by atoms with Crippen LogP contribution in [0.2, 0.25) is 0 Å². The number of aromatic nitrogens is 1. The van der Waals surface area contributed by atoms with Gasteiger partial charge in [-0.2, -0.15) is 0 Å². The van der Waals surface area contributed by atoms with E-state index in [0.717, 1.165) is 34.4 Å². The number of thioether (sulfide) groups is 1. The zero-order valence-electron chi connectivity index (χ0n) is 15.8. The number of pyridine rings is 1. The number of fused-ring (bicyclic) bond motifs is 1. The molecule has 2 aliphatic heterocycles. The molecule has 1 aromatic carbocycles. The van der Waals surface area contributed by atoms with Gasteiger partial charge in [0.05, 0.1) is 5.69 Å². The lowest BCUT2D eigenvalue weighted by Crippen LogP contribution is -2.35. The fourth-order valence-electron chi connectivity index (χ4n) is 4.01. The molecule has 0 unspecified atom stereocenters. The summed E-state index contributed by atoms with van der Waals surface area (Å²) >= 11 is 5.25. The molecule has 3 aromatic rings. The van der Waals surface area contributed by atoms with Crippen molar-refractivity contribution in [1.29, 1.82) is 0 Å². The van der Waals surface area contributed by atoms with Crippen molar-refractivity contribution in [2.45, 2.75) is 31.5 Å². The molecule has 5 rings (SSSR count). The Morgan fingerprint density at radius 2 is 2.14 bits per heavy atom. The van der Waals surface area contributed by atoms with Crippen LogP contribution < -0.4 is 0 Å². The Kier molecular flexibility index (Phi) is 4.95. The molecular weight excluding hydrogens is 453 g/mol. The third kappa shape index (κ3) is 3.30. The van der Waals surface area contributed by atoms with Crippen LogP contribution in [0.25, 0.3) is 11.3 Å². The van der Waals surface area contributed by atoms with Gasteiger partial charge in [-0.05, 0) is 64.8 Å². The third-order valence-corrected chi connectivity index (χ3v) is 7.23. The van der Waals surface area contributed by atoms with Gasteiger partial charge in [-0.1, -0.05) is 24.8 Å². The summed E-state index contributed by atoms with van der Waals surface area (Å²) in [6.45, 7) is 2.21. The van der Waals surface area contributed by atoms with Gasteiger partial charge >= 0.3 is 0 Å². The number of furan rings is 1. The Morgan fingerprint density at radius 3 is 2.90 bits per heavy atom. The number of aliphatic imine (C=N–C) groups is 1. The average molecular weight is 472 g/mol. The molecule has 4 heterocycles. The maximum absolute atomic E-state index is 13.5. The minimum Gasteiger partial charge on any atom is -0.459 e. The van der Waals surface area contributed by atoms with Gasteiger partial charge in [-0.3, -0.25) is 4.98 Å². The number of benzene rings is 1. The zero-order valence-corrected chi connectivity index (χ0v) is 18.2. The Bertz CT molecular complexity index is 1070. The molecular formula is C22H19BrFN3OS. The van der Waals surface area contributed by atoms with E-state index < -0.39 is 0 Å². The second kappa shape index (κ2) is 7.61. The van der Waals surface area contributed by atoms with E-state index in [1.54, 1.807) is 6.07 Å². The molecule has 0 N–H and O–H groups in total. The number of rotatable bonds is 4. The predicted octanol–water partition coefficient (Wildman–Crippen LogP) is 6.22. The standard InChI is InChI=1S/C22H19BrFN3OS/c1-2-14-12-29-22-26-20(17-5-3-4-10-25-17)21(27(14)22)19-9-8-18(28-19)15-7-6-13(24)11-16(15)23/h3-11,14,20-21H,2,12H2,1H3/t14-,20+,21+/m0/s1. The van der Waals surface area contributed by atoms with Crippen molar-refractivity contribution in [3.63, 3.8) is 0 Å². The predicted molar refractivity (Wildman–Crippen MR) is 117 cm³/mol. The molecule has 7 heteroatoms. The maximum Gasteiger partial charge on any atom is 0.161 e. The van der Waals surface area contributed by atoms with Gasteiger partial charge in [0, 0.05) is 28.0 Å². The minimum absolute atomic E-state index is 0.0344. The van der Waals surface area contributed by atoms with E-state index in [1.165, 1.54) is 12.1 Å². The quantitative estimate of drug-likeness (QED) is 0.452. The lowest BCUT2D eigenvalue weighted by Gasteiger charge is -2.30. The van der Waals surface area contributed by atoms with Gasteiger partial charge in [0.1, 0.15) is 29.4 Å². The van der Waals surface area contributed by atoms with Crippen molar-refractivity contribution < 1.29 is 8.81 Å². The molecule has 0 bridgehead atoms. The van der Waals surface area contributed by atoms with Crippen LogP contribution in [0.15, 0.2) is 68.6 Å². The molecule has 0 saturated carbocycles. The molecule has 0 aliphatic carbocycles. The van der Waals surface area contributed by atoms with E-state index in [2.05, 4.69) is 32.7 Å². The summed E-state index contributed by atoms with van der Waals surface area (Å²) in [7, 11) is 0. The molecule has 0 radical (unpaired) electrons. The zero-order chi connectivity index (χ0) is 20.0. The molecule has 0 amide bonds. The molecule has 4 nitrogen and oxygen atoms in total. The number of nitrogens with zero attached hydrogens (tertiary/aromatic N) is 3. The van der Waals surface area contributed by atoms with Crippen LogP contribution in [0, 0.1) is 5.82 Å². The number of amidine groups is 1. The first-order chi connectivity index (χ1) is 14.2. The molecule has 2 aromatic heterocycles. The SMILES string of the molecule is CC[C@H]1CSC2=N[C@H](c3ccccn3)[C@@H](c3ccc(-c4ccc(F)cc4Br)o3)N21. The minimum atomic E-state index is -0.281. The lowest BCUT2D eigenvalue weighted by molar-refractivity contribution is 0.226. The summed E-state index contributed by atoms with van der Waals surface area (Å²) in [6.07, 6.45) is 2.86. The van der Waals surface area contributed by atoms with E-state index in [9.17, 15) is 4.39 Å². The smallest absolute Gasteiger partial charge is 0.161 e. The molecule has 3 atom stereocenters. The van der Waals surface area contributed by atoms with Crippen LogP contribution in [0.4, 0.5) is 4.39 Å². The molecule has 0 spiro atoms. The highest BCUT2D eigenvalue weighted by molar-refractivity contribution is 9.10. The van der Waals surface area contributed by atoms with Crippen molar-refractivity contribution in [2.75, 3.05) is 5.75 Å². The lowest BCUT2D eigenvalue weighted by atomic mass is 10.0. The van der Waals surface area contributed by atoms with E-state index in [4.69, 9.17) is 9.41 Å². The Morgan fingerprint density at radius 1 is 1.24 bits per heavy atom. The van der Waals surface area contributed by atoms with Crippen molar-refractivity contribution in [2.24, 2.45) is 4.99 Å². The highest BCUT2D eigenvalue weighted by atomic mass is 79.9. The fraction of sp³-hybridized carbons (Fsp3) is 0.273. The van der Waals surface area contributed by atoms with Gasteiger partial charge in [0.2, 0.25) is 0 Å². The van der Waals surface area contributed by atoms with Crippen LogP contribution in [0.5, 0.6) is 0 Å². The van der Waals surface area contributed by atoms with Crippen LogP contribution in [0.1, 0.15) is 36.9 Å².